The zero-order valence-corrected chi connectivity index (χ0v) is 19.5. The zero-order chi connectivity index (χ0) is 23.5. The lowest BCUT2D eigenvalue weighted by Gasteiger charge is -2.24. The van der Waals surface area contributed by atoms with Gasteiger partial charge in [-0.2, -0.15) is 0 Å². The first kappa shape index (κ1) is 22.9. The van der Waals surface area contributed by atoms with Crippen molar-refractivity contribution in [2.24, 2.45) is 5.92 Å². The van der Waals surface area contributed by atoms with Crippen molar-refractivity contribution in [3.8, 4) is 11.5 Å². The van der Waals surface area contributed by atoms with Crippen LogP contribution in [0, 0.1) is 5.92 Å². The second-order valence-electron chi connectivity index (χ2n) is 8.09. The number of benzene rings is 2. The number of halogens is 1. The van der Waals surface area contributed by atoms with Crippen molar-refractivity contribution in [1.29, 1.82) is 0 Å². The Morgan fingerprint density at radius 2 is 1.91 bits per heavy atom. The van der Waals surface area contributed by atoms with E-state index in [2.05, 4.69) is 12.2 Å². The Balaban J connectivity index is 1.55. The Bertz CT molecular complexity index is 1230. The summed E-state index contributed by atoms with van der Waals surface area (Å²) < 4.78 is 15.9. The van der Waals surface area contributed by atoms with Gasteiger partial charge in [-0.15, -0.1) is 0 Å². The van der Waals surface area contributed by atoms with Crippen LogP contribution in [0.4, 0.5) is 5.69 Å². The number of hydrogen-bond acceptors (Lipinski definition) is 6. The first-order valence-corrected chi connectivity index (χ1v) is 11.1. The number of ether oxygens (including phenoxy) is 3. The SMILES string of the molecule is COc1cc(OC)c(NC(=O)COC(=O)c2c3c(nc4ccccc24)CCC(C)C3)cc1Cl. The molecule has 1 unspecified atom stereocenters. The molecule has 7 nitrogen and oxygen atoms in total. The normalized spacial score (nSPS) is 15.0. The molecule has 4 rings (SSSR count). The predicted molar refractivity (Wildman–Crippen MR) is 126 cm³/mol. The Morgan fingerprint density at radius 3 is 2.67 bits per heavy atom. The maximum atomic E-state index is 13.2. The summed E-state index contributed by atoms with van der Waals surface area (Å²) in [5.74, 6) is 0.195. The number of pyridine rings is 1. The fourth-order valence-corrected chi connectivity index (χ4v) is 4.38. The van der Waals surface area contributed by atoms with E-state index in [1.54, 1.807) is 6.07 Å². The summed E-state index contributed by atoms with van der Waals surface area (Å²) in [7, 11) is 2.96. The average Bonchev–Trinajstić information content (AvgIpc) is 2.81. The summed E-state index contributed by atoms with van der Waals surface area (Å²) in [6, 6.07) is 10.6. The molecular weight excluding hydrogens is 444 g/mol. The second-order valence-corrected chi connectivity index (χ2v) is 8.50. The lowest BCUT2D eigenvalue weighted by molar-refractivity contribution is -0.119. The summed E-state index contributed by atoms with van der Waals surface area (Å²) in [5.41, 5.74) is 3.45. The molecule has 1 heterocycles. The smallest absolute Gasteiger partial charge is 0.339 e. The van der Waals surface area contributed by atoms with Gasteiger partial charge in [0.1, 0.15) is 11.5 Å². The summed E-state index contributed by atoms with van der Waals surface area (Å²) in [6.45, 7) is 1.71. The minimum Gasteiger partial charge on any atom is -0.495 e. The van der Waals surface area contributed by atoms with Crippen molar-refractivity contribution in [3.63, 3.8) is 0 Å². The lowest BCUT2D eigenvalue weighted by atomic mass is 9.84. The van der Waals surface area contributed by atoms with Gasteiger partial charge in [-0.3, -0.25) is 9.78 Å². The Hall–Kier alpha value is -3.32. The third-order valence-corrected chi connectivity index (χ3v) is 6.09. The highest BCUT2D eigenvalue weighted by atomic mass is 35.5. The number of anilines is 1. The van der Waals surface area contributed by atoms with Gasteiger partial charge in [0, 0.05) is 17.1 Å². The topological polar surface area (TPSA) is 86.8 Å². The van der Waals surface area contributed by atoms with E-state index < -0.39 is 18.5 Å². The predicted octanol–water partition coefficient (Wildman–Crippen LogP) is 4.83. The second kappa shape index (κ2) is 9.67. The van der Waals surface area contributed by atoms with Crippen molar-refractivity contribution >= 4 is 40.1 Å². The van der Waals surface area contributed by atoms with E-state index in [0.717, 1.165) is 41.4 Å². The number of fused-ring (bicyclic) bond motifs is 2. The van der Waals surface area contributed by atoms with Crippen molar-refractivity contribution < 1.29 is 23.8 Å². The number of amides is 1. The minimum atomic E-state index is -0.533. The Labute approximate surface area is 197 Å². The van der Waals surface area contributed by atoms with Gasteiger partial charge in [0.2, 0.25) is 0 Å². The first-order chi connectivity index (χ1) is 15.9. The van der Waals surface area contributed by atoms with Gasteiger partial charge in [0.25, 0.3) is 5.91 Å². The Morgan fingerprint density at radius 1 is 1.15 bits per heavy atom. The van der Waals surface area contributed by atoms with Crippen LogP contribution in [-0.4, -0.2) is 37.7 Å². The third kappa shape index (κ3) is 4.73. The van der Waals surface area contributed by atoms with E-state index >= 15 is 0 Å². The zero-order valence-electron chi connectivity index (χ0n) is 18.7. The van der Waals surface area contributed by atoms with E-state index in [1.165, 1.54) is 20.3 Å². The number of esters is 1. The van der Waals surface area contributed by atoms with Crippen LogP contribution in [0.15, 0.2) is 36.4 Å². The molecule has 0 saturated carbocycles. The van der Waals surface area contributed by atoms with Gasteiger partial charge < -0.3 is 19.5 Å². The van der Waals surface area contributed by atoms with Gasteiger partial charge in [-0.05, 0) is 42.9 Å². The molecule has 172 valence electrons. The molecule has 1 atom stereocenters. The van der Waals surface area contributed by atoms with E-state index in [0.29, 0.717) is 33.7 Å². The van der Waals surface area contributed by atoms with Gasteiger partial charge >= 0.3 is 5.97 Å². The molecule has 1 aliphatic carbocycles. The Kier molecular flexibility index (Phi) is 6.70. The number of nitrogens with one attached hydrogen (secondary N) is 1. The lowest BCUT2D eigenvalue weighted by Crippen LogP contribution is -2.24. The molecule has 1 aromatic heterocycles. The van der Waals surface area contributed by atoms with Gasteiger partial charge in [0.05, 0.1) is 36.0 Å². The van der Waals surface area contributed by atoms with E-state index in [9.17, 15) is 9.59 Å². The number of carbonyl (C=O) groups is 2. The number of para-hydroxylation sites is 1. The molecule has 2 aromatic carbocycles. The van der Waals surface area contributed by atoms with Crippen LogP contribution in [-0.2, 0) is 22.4 Å². The molecule has 33 heavy (non-hydrogen) atoms. The van der Waals surface area contributed by atoms with E-state index in [1.807, 2.05) is 24.3 Å². The largest absolute Gasteiger partial charge is 0.495 e. The molecule has 3 aromatic rings. The minimum absolute atomic E-state index is 0.314. The molecule has 1 aliphatic rings. The fourth-order valence-electron chi connectivity index (χ4n) is 4.14. The number of nitrogens with zero attached hydrogens (tertiary/aromatic N) is 1. The van der Waals surface area contributed by atoms with Crippen LogP contribution in [0.1, 0.15) is 35.0 Å². The number of methoxy groups -OCH3 is 2. The van der Waals surface area contributed by atoms with Crippen LogP contribution in [0.3, 0.4) is 0 Å². The van der Waals surface area contributed by atoms with Gasteiger partial charge in [0.15, 0.2) is 6.61 Å². The van der Waals surface area contributed by atoms with Crippen LogP contribution in [0.25, 0.3) is 10.9 Å². The number of aryl methyl sites for hydroxylation is 1. The maximum absolute atomic E-state index is 13.2. The number of carbonyl (C=O) groups excluding carboxylic acids is 2. The number of aromatic nitrogens is 1. The maximum Gasteiger partial charge on any atom is 0.339 e. The van der Waals surface area contributed by atoms with E-state index in [-0.39, 0.29) is 0 Å². The fraction of sp³-hybridized carbons (Fsp3) is 0.320. The van der Waals surface area contributed by atoms with Crippen LogP contribution in [0.2, 0.25) is 5.02 Å². The molecule has 8 heteroatoms. The van der Waals surface area contributed by atoms with Crippen molar-refractivity contribution in [3.05, 3.63) is 58.2 Å². The van der Waals surface area contributed by atoms with Crippen molar-refractivity contribution in [2.45, 2.75) is 26.2 Å². The number of rotatable bonds is 6. The van der Waals surface area contributed by atoms with Crippen LogP contribution >= 0.6 is 11.6 Å². The monoisotopic (exact) mass is 468 g/mol. The molecule has 0 radical (unpaired) electrons. The highest BCUT2D eigenvalue weighted by Gasteiger charge is 2.26. The average molecular weight is 469 g/mol. The van der Waals surface area contributed by atoms with Crippen LogP contribution < -0.4 is 14.8 Å². The quantitative estimate of drug-likeness (QED) is 0.521. The molecule has 1 N–H and O–H groups in total. The molecular formula is C25H25ClN2O5. The van der Waals surface area contributed by atoms with Crippen molar-refractivity contribution in [1.82, 2.24) is 4.98 Å². The molecule has 0 bridgehead atoms. The van der Waals surface area contributed by atoms with Crippen LogP contribution in [0.5, 0.6) is 11.5 Å². The van der Waals surface area contributed by atoms with Crippen molar-refractivity contribution in [2.75, 3.05) is 26.1 Å². The summed E-state index contributed by atoms with van der Waals surface area (Å²) >= 11 is 6.16. The summed E-state index contributed by atoms with van der Waals surface area (Å²) in [5, 5.41) is 3.72. The summed E-state index contributed by atoms with van der Waals surface area (Å²) in [6.07, 6.45) is 2.60. The first-order valence-electron chi connectivity index (χ1n) is 10.7. The summed E-state index contributed by atoms with van der Waals surface area (Å²) in [4.78, 5) is 30.5. The molecule has 0 fully saturated rings. The third-order valence-electron chi connectivity index (χ3n) is 5.79. The standard InChI is InChI=1S/C25H25ClN2O5/c1-14-8-9-19-16(10-14)24(15-6-4-5-7-18(15)27-19)25(30)33-13-23(29)28-20-11-17(26)21(31-2)12-22(20)32-3/h4-7,11-12,14H,8-10,13H2,1-3H3,(H,28,29). The van der Waals surface area contributed by atoms with Gasteiger partial charge in [-0.1, -0.05) is 36.7 Å². The molecule has 0 spiro atoms. The number of hydrogen-bond donors (Lipinski definition) is 1. The highest BCUT2D eigenvalue weighted by Crippen LogP contribution is 2.36. The molecule has 1 amide bonds. The highest BCUT2D eigenvalue weighted by molar-refractivity contribution is 6.32. The van der Waals surface area contributed by atoms with E-state index in [4.69, 9.17) is 30.8 Å². The van der Waals surface area contributed by atoms with Gasteiger partial charge in [-0.25, -0.2) is 4.79 Å². The molecule has 0 saturated heterocycles. The molecule has 0 aliphatic heterocycles.